The molecular formula is C10H18Ca2O. The van der Waals surface area contributed by atoms with Crippen molar-refractivity contribution < 1.29 is 10.8 Å². The van der Waals surface area contributed by atoms with Crippen molar-refractivity contribution in [2.75, 3.05) is 0 Å². The SMILES string of the molecule is Cc1ccc(C(C)C)c(O)c1.[Ca+2].[Ca+2].[H-].[H-].[H-].[H-]. The predicted octanol–water partition coefficient (Wildman–Crippen LogP) is 2.51. The fraction of sp³-hybridized carbons (Fsp3) is 0.400. The van der Waals surface area contributed by atoms with Gasteiger partial charge >= 0.3 is 75.5 Å². The Labute approximate surface area is 146 Å². The van der Waals surface area contributed by atoms with E-state index in [-0.39, 0.29) is 81.2 Å². The van der Waals surface area contributed by atoms with Crippen LogP contribution in [0.15, 0.2) is 18.2 Å². The second-order valence-corrected chi connectivity index (χ2v) is 3.22. The monoisotopic (exact) mass is 234 g/mol. The quantitative estimate of drug-likeness (QED) is 0.740. The van der Waals surface area contributed by atoms with E-state index in [4.69, 9.17) is 0 Å². The summed E-state index contributed by atoms with van der Waals surface area (Å²) in [4.78, 5) is 0. The maximum atomic E-state index is 9.46. The molecule has 0 aliphatic carbocycles. The standard InChI is InChI=1S/C10H14O.2Ca.4H/c1-7(2)9-5-4-8(3)6-10(9)11;;;;;;/h4-7,11H,1-3H3;;;;;;/q;2*+2;4*-1. The number of aromatic hydroxyl groups is 1. The molecule has 0 unspecified atom stereocenters. The van der Waals surface area contributed by atoms with Gasteiger partial charge in [0.1, 0.15) is 5.75 Å². The minimum absolute atomic E-state index is 0. The summed E-state index contributed by atoms with van der Waals surface area (Å²) in [5.74, 6) is 0.815. The number of phenolic OH excluding ortho intramolecular Hbond substituents is 1. The normalized spacial score (nSPS) is 8.92. The molecule has 13 heavy (non-hydrogen) atoms. The zero-order valence-corrected chi connectivity index (χ0v) is 13.1. The molecule has 1 rings (SSSR count). The summed E-state index contributed by atoms with van der Waals surface area (Å²) in [6, 6.07) is 5.81. The first-order valence-electron chi connectivity index (χ1n) is 3.91. The van der Waals surface area contributed by atoms with Crippen LogP contribution in [0.1, 0.15) is 36.6 Å². The van der Waals surface area contributed by atoms with Crippen LogP contribution in [0.3, 0.4) is 0 Å². The Morgan fingerprint density at radius 3 is 2.15 bits per heavy atom. The molecule has 0 radical (unpaired) electrons. The summed E-state index contributed by atoms with van der Waals surface area (Å²) in [7, 11) is 0. The molecule has 1 N–H and O–H groups in total. The van der Waals surface area contributed by atoms with E-state index in [1.807, 2.05) is 19.1 Å². The zero-order valence-electron chi connectivity index (χ0n) is 12.7. The van der Waals surface area contributed by atoms with E-state index in [1.54, 1.807) is 6.07 Å². The minimum atomic E-state index is 0. The topological polar surface area (TPSA) is 20.2 Å². The van der Waals surface area contributed by atoms with E-state index in [9.17, 15) is 5.11 Å². The van der Waals surface area contributed by atoms with E-state index >= 15 is 0 Å². The Morgan fingerprint density at radius 1 is 1.23 bits per heavy atom. The molecule has 0 saturated heterocycles. The van der Waals surface area contributed by atoms with Crippen LogP contribution < -0.4 is 0 Å². The fourth-order valence-electron chi connectivity index (χ4n) is 1.14. The van der Waals surface area contributed by atoms with Crippen molar-refractivity contribution >= 4 is 75.5 Å². The second kappa shape index (κ2) is 7.78. The van der Waals surface area contributed by atoms with E-state index < -0.39 is 0 Å². The number of hydrogen-bond donors (Lipinski definition) is 1. The van der Waals surface area contributed by atoms with Gasteiger partial charge in [-0.15, -0.1) is 0 Å². The average molecular weight is 234 g/mol. The number of phenols is 1. The molecule has 0 aliphatic heterocycles. The first kappa shape index (κ1) is 17.0. The minimum Gasteiger partial charge on any atom is -1.00 e. The molecule has 0 saturated carbocycles. The molecule has 0 spiro atoms. The third kappa shape index (κ3) is 5.25. The van der Waals surface area contributed by atoms with Crippen molar-refractivity contribution in [1.29, 1.82) is 0 Å². The van der Waals surface area contributed by atoms with Crippen LogP contribution in [0.4, 0.5) is 0 Å². The molecule has 0 heterocycles. The molecule has 0 fully saturated rings. The van der Waals surface area contributed by atoms with Crippen LogP contribution in [-0.2, 0) is 0 Å². The van der Waals surface area contributed by atoms with Crippen LogP contribution in [0.5, 0.6) is 5.75 Å². The van der Waals surface area contributed by atoms with Crippen molar-refractivity contribution in [2.24, 2.45) is 0 Å². The molecule has 0 atom stereocenters. The summed E-state index contributed by atoms with van der Waals surface area (Å²) in [6.07, 6.45) is 0. The van der Waals surface area contributed by atoms with Crippen LogP contribution in [0, 0.1) is 6.92 Å². The Hall–Kier alpha value is 1.54. The summed E-state index contributed by atoms with van der Waals surface area (Å²) >= 11 is 0. The van der Waals surface area contributed by atoms with E-state index in [1.165, 1.54) is 0 Å². The smallest absolute Gasteiger partial charge is 1.00 e. The Kier molecular flexibility index (Phi) is 10.1. The van der Waals surface area contributed by atoms with Gasteiger partial charge in [-0.3, -0.25) is 0 Å². The molecule has 3 heteroatoms. The van der Waals surface area contributed by atoms with Gasteiger partial charge in [0.15, 0.2) is 0 Å². The Bertz CT molecular complexity index is 272. The maximum absolute atomic E-state index is 9.46. The number of rotatable bonds is 1. The third-order valence-electron chi connectivity index (χ3n) is 1.81. The summed E-state index contributed by atoms with van der Waals surface area (Å²) in [5, 5.41) is 9.46. The van der Waals surface area contributed by atoms with Crippen molar-refractivity contribution in [2.45, 2.75) is 26.7 Å². The molecule has 1 aromatic rings. The van der Waals surface area contributed by atoms with Gasteiger partial charge in [-0.05, 0) is 30.0 Å². The number of hydrogen-bond acceptors (Lipinski definition) is 1. The van der Waals surface area contributed by atoms with Crippen LogP contribution in [0.2, 0.25) is 0 Å². The molecule has 0 amide bonds. The van der Waals surface area contributed by atoms with Gasteiger partial charge in [0.25, 0.3) is 0 Å². The number of aryl methyl sites for hydroxylation is 1. The van der Waals surface area contributed by atoms with Crippen LogP contribution >= 0.6 is 0 Å². The Morgan fingerprint density at radius 2 is 1.77 bits per heavy atom. The molecule has 0 aromatic heterocycles. The molecule has 1 nitrogen and oxygen atoms in total. The summed E-state index contributed by atoms with van der Waals surface area (Å²) in [6.45, 7) is 6.12. The molecular weight excluding hydrogens is 216 g/mol. The summed E-state index contributed by atoms with van der Waals surface area (Å²) < 4.78 is 0. The van der Waals surface area contributed by atoms with Crippen molar-refractivity contribution in [3.63, 3.8) is 0 Å². The van der Waals surface area contributed by atoms with Crippen molar-refractivity contribution in [3.8, 4) is 5.75 Å². The molecule has 68 valence electrons. The molecule has 0 bridgehead atoms. The van der Waals surface area contributed by atoms with Gasteiger partial charge in [0, 0.05) is 0 Å². The van der Waals surface area contributed by atoms with Gasteiger partial charge in [0.2, 0.25) is 0 Å². The van der Waals surface area contributed by atoms with Crippen LogP contribution in [-0.4, -0.2) is 80.6 Å². The van der Waals surface area contributed by atoms with Gasteiger partial charge < -0.3 is 10.8 Å². The van der Waals surface area contributed by atoms with Gasteiger partial charge in [-0.1, -0.05) is 26.0 Å². The molecule has 1 aromatic carbocycles. The largest absolute Gasteiger partial charge is 2.00 e. The van der Waals surface area contributed by atoms with Gasteiger partial charge in [-0.25, -0.2) is 0 Å². The van der Waals surface area contributed by atoms with Gasteiger partial charge in [0.05, 0.1) is 0 Å². The number of benzene rings is 1. The second-order valence-electron chi connectivity index (χ2n) is 3.22. The summed E-state index contributed by atoms with van der Waals surface area (Å²) in [5.41, 5.74) is 2.13. The van der Waals surface area contributed by atoms with E-state index in [2.05, 4.69) is 13.8 Å². The Balaban J connectivity index is -0.0000000504. The first-order chi connectivity index (χ1) is 5.11. The third-order valence-corrected chi connectivity index (χ3v) is 1.81. The predicted molar refractivity (Wildman–Crippen MR) is 62.9 cm³/mol. The van der Waals surface area contributed by atoms with Gasteiger partial charge in [-0.2, -0.15) is 0 Å². The average Bonchev–Trinajstić information content (AvgIpc) is 1.85. The first-order valence-corrected chi connectivity index (χ1v) is 3.91. The van der Waals surface area contributed by atoms with E-state index in [0.29, 0.717) is 11.7 Å². The van der Waals surface area contributed by atoms with Crippen molar-refractivity contribution in [3.05, 3.63) is 29.3 Å². The zero-order chi connectivity index (χ0) is 8.43. The fourth-order valence-corrected chi connectivity index (χ4v) is 1.14. The maximum Gasteiger partial charge on any atom is 2.00 e. The van der Waals surface area contributed by atoms with E-state index in [0.717, 1.165) is 11.1 Å². The van der Waals surface area contributed by atoms with Crippen LogP contribution in [0.25, 0.3) is 0 Å². The van der Waals surface area contributed by atoms with Crippen molar-refractivity contribution in [1.82, 2.24) is 0 Å². The molecule has 0 aliphatic rings.